The number of amides is 1. The van der Waals surface area contributed by atoms with Crippen LogP contribution in [0.25, 0.3) is 10.8 Å². The number of nitrogens with one attached hydrogen (secondary N) is 2. The zero-order valence-electron chi connectivity index (χ0n) is 14.4. The molecular formula is C20H21N5O. The number of piperazine rings is 1. The van der Waals surface area contributed by atoms with Gasteiger partial charge < -0.3 is 21.3 Å². The maximum absolute atomic E-state index is 12.5. The van der Waals surface area contributed by atoms with Crippen molar-refractivity contribution >= 4 is 33.7 Å². The van der Waals surface area contributed by atoms with E-state index in [4.69, 9.17) is 5.73 Å². The van der Waals surface area contributed by atoms with E-state index >= 15 is 0 Å². The Bertz CT molecular complexity index is 950. The van der Waals surface area contributed by atoms with Crippen LogP contribution in [0.15, 0.2) is 54.7 Å². The number of para-hydroxylation sites is 2. The van der Waals surface area contributed by atoms with Gasteiger partial charge in [-0.1, -0.05) is 18.2 Å². The molecule has 1 aromatic heterocycles. The van der Waals surface area contributed by atoms with Gasteiger partial charge >= 0.3 is 0 Å². The first-order chi connectivity index (χ1) is 12.7. The largest absolute Gasteiger partial charge is 0.397 e. The second-order valence-corrected chi connectivity index (χ2v) is 6.38. The van der Waals surface area contributed by atoms with Crippen molar-refractivity contribution in [3.8, 4) is 0 Å². The first kappa shape index (κ1) is 16.4. The SMILES string of the molecule is Nc1ccccc1NC(=O)c1cc2ccc(N3CCNCC3)cc2cn1. The number of hydrogen-bond donors (Lipinski definition) is 3. The average Bonchev–Trinajstić information content (AvgIpc) is 2.69. The number of nitrogens with zero attached hydrogens (tertiary/aromatic N) is 2. The maximum atomic E-state index is 12.5. The predicted molar refractivity (Wildman–Crippen MR) is 106 cm³/mol. The molecule has 6 nitrogen and oxygen atoms in total. The lowest BCUT2D eigenvalue weighted by Gasteiger charge is -2.29. The van der Waals surface area contributed by atoms with E-state index in [0.29, 0.717) is 17.1 Å². The summed E-state index contributed by atoms with van der Waals surface area (Å²) < 4.78 is 0. The molecule has 0 spiro atoms. The van der Waals surface area contributed by atoms with E-state index in [1.165, 1.54) is 5.69 Å². The Kier molecular flexibility index (Phi) is 4.41. The summed E-state index contributed by atoms with van der Waals surface area (Å²) in [6.07, 6.45) is 1.75. The van der Waals surface area contributed by atoms with Gasteiger partial charge in [0.25, 0.3) is 5.91 Å². The van der Waals surface area contributed by atoms with Crippen LogP contribution in [0.3, 0.4) is 0 Å². The molecule has 1 aliphatic heterocycles. The van der Waals surface area contributed by atoms with Crippen LogP contribution < -0.4 is 21.3 Å². The molecule has 4 rings (SSSR count). The lowest BCUT2D eigenvalue weighted by atomic mass is 10.1. The van der Waals surface area contributed by atoms with Crippen LogP contribution in [0.4, 0.5) is 17.1 Å². The molecule has 0 unspecified atom stereocenters. The molecule has 26 heavy (non-hydrogen) atoms. The lowest BCUT2D eigenvalue weighted by Crippen LogP contribution is -2.43. The summed E-state index contributed by atoms with van der Waals surface area (Å²) >= 11 is 0. The molecule has 4 N–H and O–H groups in total. The average molecular weight is 347 g/mol. The second kappa shape index (κ2) is 7.01. The number of fused-ring (bicyclic) bond motifs is 1. The Labute approximate surface area is 152 Å². The number of nitrogen functional groups attached to an aromatic ring is 1. The van der Waals surface area contributed by atoms with Gasteiger partial charge in [0, 0.05) is 43.4 Å². The molecule has 1 saturated heterocycles. The van der Waals surface area contributed by atoms with Gasteiger partial charge in [0.15, 0.2) is 0 Å². The molecule has 2 heterocycles. The zero-order chi connectivity index (χ0) is 17.9. The smallest absolute Gasteiger partial charge is 0.274 e. The highest BCUT2D eigenvalue weighted by molar-refractivity contribution is 6.06. The number of rotatable bonds is 3. The Morgan fingerprint density at radius 1 is 1.08 bits per heavy atom. The fourth-order valence-electron chi connectivity index (χ4n) is 3.17. The molecular weight excluding hydrogens is 326 g/mol. The van der Waals surface area contributed by atoms with Crippen molar-refractivity contribution in [2.24, 2.45) is 0 Å². The number of benzene rings is 2. The van der Waals surface area contributed by atoms with E-state index in [1.54, 1.807) is 18.3 Å². The first-order valence-electron chi connectivity index (χ1n) is 8.72. The van der Waals surface area contributed by atoms with Crippen LogP contribution in [0.2, 0.25) is 0 Å². The summed E-state index contributed by atoms with van der Waals surface area (Å²) in [5.74, 6) is -0.268. The van der Waals surface area contributed by atoms with Crippen molar-refractivity contribution in [3.05, 3.63) is 60.4 Å². The van der Waals surface area contributed by atoms with Crippen molar-refractivity contribution in [2.45, 2.75) is 0 Å². The summed E-state index contributed by atoms with van der Waals surface area (Å²) in [5, 5.41) is 8.19. The van der Waals surface area contributed by atoms with E-state index in [9.17, 15) is 4.79 Å². The molecule has 1 aliphatic rings. The Balaban J connectivity index is 1.57. The normalized spacial score (nSPS) is 14.4. The van der Waals surface area contributed by atoms with Crippen LogP contribution >= 0.6 is 0 Å². The predicted octanol–water partition coefficient (Wildman–Crippen LogP) is 2.48. The van der Waals surface area contributed by atoms with Gasteiger partial charge in [-0.3, -0.25) is 9.78 Å². The van der Waals surface area contributed by atoms with Gasteiger partial charge in [-0.15, -0.1) is 0 Å². The number of carbonyl (C=O) groups excluding carboxylic acids is 1. The molecule has 1 amide bonds. The number of nitrogens with two attached hydrogens (primary N) is 1. The summed E-state index contributed by atoms with van der Waals surface area (Å²) in [5.41, 5.74) is 8.56. The van der Waals surface area contributed by atoms with Crippen LogP contribution in [0.1, 0.15) is 10.5 Å². The summed E-state index contributed by atoms with van der Waals surface area (Å²) in [6.45, 7) is 3.99. The molecule has 0 atom stereocenters. The first-order valence-corrected chi connectivity index (χ1v) is 8.72. The van der Waals surface area contributed by atoms with Crippen molar-refractivity contribution in [3.63, 3.8) is 0 Å². The fourth-order valence-corrected chi connectivity index (χ4v) is 3.17. The van der Waals surface area contributed by atoms with Crippen LogP contribution in [0, 0.1) is 0 Å². The molecule has 0 bridgehead atoms. The van der Waals surface area contributed by atoms with Gasteiger partial charge in [-0.05, 0) is 35.7 Å². The van der Waals surface area contributed by atoms with Gasteiger partial charge in [-0.25, -0.2) is 0 Å². The minimum atomic E-state index is -0.268. The minimum Gasteiger partial charge on any atom is -0.397 e. The van der Waals surface area contributed by atoms with E-state index in [0.717, 1.165) is 37.0 Å². The third-order valence-corrected chi connectivity index (χ3v) is 4.63. The zero-order valence-corrected chi connectivity index (χ0v) is 14.4. The van der Waals surface area contributed by atoms with E-state index in [2.05, 4.69) is 32.7 Å². The molecule has 2 aromatic carbocycles. The van der Waals surface area contributed by atoms with Gasteiger partial charge in [-0.2, -0.15) is 0 Å². The third kappa shape index (κ3) is 3.32. The lowest BCUT2D eigenvalue weighted by molar-refractivity contribution is 0.102. The number of hydrogen-bond acceptors (Lipinski definition) is 5. The number of pyridine rings is 1. The molecule has 0 saturated carbocycles. The molecule has 6 heteroatoms. The van der Waals surface area contributed by atoms with E-state index < -0.39 is 0 Å². The van der Waals surface area contributed by atoms with Gasteiger partial charge in [0.05, 0.1) is 11.4 Å². The third-order valence-electron chi connectivity index (χ3n) is 4.63. The highest BCUT2D eigenvalue weighted by atomic mass is 16.1. The molecule has 0 radical (unpaired) electrons. The quantitative estimate of drug-likeness (QED) is 0.634. The topological polar surface area (TPSA) is 83.3 Å². The van der Waals surface area contributed by atoms with Crippen LogP contribution in [0.5, 0.6) is 0 Å². The van der Waals surface area contributed by atoms with Crippen molar-refractivity contribution < 1.29 is 4.79 Å². The molecule has 0 aliphatic carbocycles. The number of aromatic nitrogens is 1. The fraction of sp³-hybridized carbons (Fsp3) is 0.200. The maximum Gasteiger partial charge on any atom is 0.274 e. The summed E-state index contributed by atoms with van der Waals surface area (Å²) in [6, 6.07) is 15.3. The Morgan fingerprint density at radius 3 is 2.69 bits per heavy atom. The van der Waals surface area contributed by atoms with Gasteiger partial charge in [0.1, 0.15) is 5.69 Å². The van der Waals surface area contributed by atoms with E-state index in [1.807, 2.05) is 24.3 Å². The molecule has 1 fully saturated rings. The molecule has 3 aromatic rings. The van der Waals surface area contributed by atoms with Crippen molar-refractivity contribution in [2.75, 3.05) is 42.1 Å². The Morgan fingerprint density at radius 2 is 1.88 bits per heavy atom. The second-order valence-electron chi connectivity index (χ2n) is 6.38. The van der Waals surface area contributed by atoms with Crippen LogP contribution in [-0.2, 0) is 0 Å². The summed E-state index contributed by atoms with van der Waals surface area (Å²) in [7, 11) is 0. The van der Waals surface area contributed by atoms with E-state index in [-0.39, 0.29) is 5.91 Å². The summed E-state index contributed by atoms with van der Waals surface area (Å²) in [4.78, 5) is 19.2. The van der Waals surface area contributed by atoms with Crippen molar-refractivity contribution in [1.29, 1.82) is 0 Å². The standard InChI is InChI=1S/C20H21N5O/c21-17-3-1-2-4-18(17)24-20(26)19-12-14-5-6-16(11-15(14)13-23-19)25-9-7-22-8-10-25/h1-6,11-13,22H,7-10,21H2,(H,24,26). The highest BCUT2D eigenvalue weighted by Gasteiger charge is 2.13. The molecule has 132 valence electrons. The minimum absolute atomic E-state index is 0.268. The number of carbonyl (C=O) groups is 1. The monoisotopic (exact) mass is 347 g/mol. The number of anilines is 3. The van der Waals surface area contributed by atoms with Gasteiger partial charge in [0.2, 0.25) is 0 Å². The van der Waals surface area contributed by atoms with Crippen molar-refractivity contribution in [1.82, 2.24) is 10.3 Å². The Hall–Kier alpha value is -3.12. The van der Waals surface area contributed by atoms with Crippen LogP contribution in [-0.4, -0.2) is 37.1 Å². The highest BCUT2D eigenvalue weighted by Crippen LogP contribution is 2.23.